The summed E-state index contributed by atoms with van der Waals surface area (Å²) in [6.07, 6.45) is 0. The molecule has 0 aromatic carbocycles. The number of H-pyrrole nitrogens is 1. The molecule has 118 valence electrons. The van der Waals surface area contributed by atoms with Crippen LogP contribution in [-0.4, -0.2) is 28.1 Å². The number of rotatable bonds is 3. The fraction of sp³-hybridized carbons (Fsp3) is 0.667. The zero-order valence-electron chi connectivity index (χ0n) is 13.9. The minimum Gasteiger partial charge on any atom is -0.344 e. The molecule has 1 rings (SSSR count). The molecular formula is C15H26N4O2. The van der Waals surface area contributed by atoms with Gasteiger partial charge in [0.15, 0.2) is 5.82 Å². The Labute approximate surface area is 126 Å². The summed E-state index contributed by atoms with van der Waals surface area (Å²) in [6, 6.07) is 1.18. The van der Waals surface area contributed by atoms with Crippen molar-refractivity contribution >= 4 is 17.6 Å². The van der Waals surface area contributed by atoms with Crippen molar-refractivity contribution in [2.24, 2.45) is 5.41 Å². The van der Waals surface area contributed by atoms with Gasteiger partial charge in [0.2, 0.25) is 11.8 Å². The molecule has 0 radical (unpaired) electrons. The van der Waals surface area contributed by atoms with Gasteiger partial charge in [-0.1, -0.05) is 41.5 Å². The van der Waals surface area contributed by atoms with Crippen LogP contribution in [0.15, 0.2) is 6.07 Å². The van der Waals surface area contributed by atoms with Gasteiger partial charge in [0.25, 0.3) is 0 Å². The number of aromatic amines is 1. The standard InChI is InChI=1S/C15H26N4O2/c1-9(16-13(21)15(5,6)7)12(20)17-11-8-10(18-19-11)14(2,3)4/h8-9H,1-7H3,(H,16,21)(H2,17,18,19,20). The Balaban J connectivity index is 2.65. The van der Waals surface area contributed by atoms with E-state index >= 15 is 0 Å². The smallest absolute Gasteiger partial charge is 0.247 e. The van der Waals surface area contributed by atoms with Crippen LogP contribution in [0.3, 0.4) is 0 Å². The molecular weight excluding hydrogens is 268 g/mol. The zero-order valence-corrected chi connectivity index (χ0v) is 13.9. The van der Waals surface area contributed by atoms with Crippen LogP contribution in [0.4, 0.5) is 5.82 Å². The van der Waals surface area contributed by atoms with E-state index in [0.29, 0.717) is 5.82 Å². The molecule has 6 heteroatoms. The SMILES string of the molecule is CC(NC(=O)C(C)(C)C)C(=O)Nc1cc(C(C)(C)C)[nH]n1. The van der Waals surface area contributed by atoms with Gasteiger partial charge in [-0.15, -0.1) is 0 Å². The second-order valence-electron chi connectivity index (χ2n) is 7.35. The van der Waals surface area contributed by atoms with Gasteiger partial charge < -0.3 is 10.6 Å². The maximum absolute atomic E-state index is 12.1. The van der Waals surface area contributed by atoms with Crippen molar-refractivity contribution < 1.29 is 9.59 Å². The van der Waals surface area contributed by atoms with Crippen LogP contribution in [0.25, 0.3) is 0 Å². The molecule has 1 aromatic rings. The van der Waals surface area contributed by atoms with Crippen molar-refractivity contribution in [1.82, 2.24) is 15.5 Å². The summed E-state index contributed by atoms with van der Waals surface area (Å²) in [5.41, 5.74) is 0.340. The third kappa shape index (κ3) is 4.88. The highest BCUT2D eigenvalue weighted by Crippen LogP contribution is 2.22. The summed E-state index contributed by atoms with van der Waals surface area (Å²) < 4.78 is 0. The Morgan fingerprint density at radius 3 is 2.19 bits per heavy atom. The molecule has 0 saturated heterocycles. The van der Waals surface area contributed by atoms with E-state index < -0.39 is 11.5 Å². The van der Waals surface area contributed by atoms with Crippen molar-refractivity contribution in [1.29, 1.82) is 0 Å². The molecule has 0 fully saturated rings. The lowest BCUT2D eigenvalue weighted by molar-refractivity contribution is -0.131. The largest absolute Gasteiger partial charge is 0.344 e. The van der Waals surface area contributed by atoms with Crippen LogP contribution in [0.1, 0.15) is 54.2 Å². The highest BCUT2D eigenvalue weighted by atomic mass is 16.2. The van der Waals surface area contributed by atoms with Gasteiger partial charge >= 0.3 is 0 Å². The molecule has 6 nitrogen and oxygen atoms in total. The summed E-state index contributed by atoms with van der Waals surface area (Å²) in [7, 11) is 0. The number of aromatic nitrogens is 2. The summed E-state index contributed by atoms with van der Waals surface area (Å²) in [4.78, 5) is 23.9. The number of anilines is 1. The third-order valence-electron chi connectivity index (χ3n) is 3.06. The predicted octanol–water partition coefficient (Wildman–Crippen LogP) is 2.20. The topological polar surface area (TPSA) is 86.9 Å². The molecule has 0 aliphatic rings. The molecule has 1 aromatic heterocycles. The Hall–Kier alpha value is -1.85. The zero-order chi connectivity index (χ0) is 16.4. The molecule has 0 saturated carbocycles. The molecule has 1 atom stereocenters. The van der Waals surface area contributed by atoms with E-state index in [2.05, 4.69) is 41.6 Å². The first-order chi connectivity index (χ1) is 9.41. The average Bonchev–Trinajstić information content (AvgIpc) is 2.75. The number of hydrogen-bond donors (Lipinski definition) is 3. The molecule has 0 bridgehead atoms. The van der Waals surface area contributed by atoms with Gasteiger partial charge in [0, 0.05) is 22.6 Å². The predicted molar refractivity (Wildman–Crippen MR) is 83.0 cm³/mol. The van der Waals surface area contributed by atoms with Gasteiger partial charge in [-0.3, -0.25) is 14.7 Å². The molecule has 1 heterocycles. The van der Waals surface area contributed by atoms with Crippen LogP contribution in [0, 0.1) is 5.41 Å². The molecule has 1 unspecified atom stereocenters. The highest BCUT2D eigenvalue weighted by molar-refractivity contribution is 5.96. The molecule has 0 spiro atoms. The quantitative estimate of drug-likeness (QED) is 0.798. The van der Waals surface area contributed by atoms with Gasteiger partial charge in [0.1, 0.15) is 6.04 Å². The number of carbonyl (C=O) groups is 2. The first kappa shape index (κ1) is 17.2. The van der Waals surface area contributed by atoms with Gasteiger partial charge in [-0.2, -0.15) is 5.10 Å². The van der Waals surface area contributed by atoms with Crippen molar-refractivity contribution in [2.45, 2.75) is 59.9 Å². The van der Waals surface area contributed by atoms with E-state index in [1.807, 2.05) is 0 Å². The lowest BCUT2D eigenvalue weighted by Gasteiger charge is -2.21. The number of carbonyl (C=O) groups excluding carboxylic acids is 2. The average molecular weight is 294 g/mol. The molecule has 21 heavy (non-hydrogen) atoms. The third-order valence-corrected chi connectivity index (χ3v) is 3.06. The lowest BCUT2D eigenvalue weighted by Crippen LogP contribution is -2.46. The van der Waals surface area contributed by atoms with Crippen LogP contribution in [0.5, 0.6) is 0 Å². The summed E-state index contributed by atoms with van der Waals surface area (Å²) in [5, 5.41) is 12.3. The maximum atomic E-state index is 12.1. The van der Waals surface area contributed by atoms with E-state index in [-0.39, 0.29) is 17.2 Å². The fourth-order valence-electron chi connectivity index (χ4n) is 1.48. The Kier molecular flexibility index (Phi) is 4.81. The second kappa shape index (κ2) is 5.87. The fourth-order valence-corrected chi connectivity index (χ4v) is 1.48. The van der Waals surface area contributed by atoms with E-state index in [0.717, 1.165) is 5.69 Å². The first-order valence-corrected chi connectivity index (χ1v) is 7.09. The van der Waals surface area contributed by atoms with Crippen molar-refractivity contribution in [3.05, 3.63) is 11.8 Å². The van der Waals surface area contributed by atoms with Gasteiger partial charge in [0.05, 0.1) is 0 Å². The number of amides is 2. The van der Waals surface area contributed by atoms with Gasteiger partial charge in [-0.05, 0) is 6.92 Å². The van der Waals surface area contributed by atoms with E-state index in [9.17, 15) is 9.59 Å². The Morgan fingerprint density at radius 2 is 1.76 bits per heavy atom. The van der Waals surface area contributed by atoms with Crippen LogP contribution >= 0.6 is 0 Å². The summed E-state index contributed by atoms with van der Waals surface area (Å²) in [6.45, 7) is 13.2. The highest BCUT2D eigenvalue weighted by Gasteiger charge is 2.25. The minimum absolute atomic E-state index is 0.0674. The molecule has 2 amide bonds. The van der Waals surface area contributed by atoms with E-state index in [4.69, 9.17) is 0 Å². The van der Waals surface area contributed by atoms with E-state index in [1.165, 1.54) is 0 Å². The van der Waals surface area contributed by atoms with Crippen LogP contribution < -0.4 is 10.6 Å². The maximum Gasteiger partial charge on any atom is 0.247 e. The number of hydrogen-bond acceptors (Lipinski definition) is 3. The normalized spacial score (nSPS) is 13.7. The first-order valence-electron chi connectivity index (χ1n) is 7.09. The molecule has 3 N–H and O–H groups in total. The van der Waals surface area contributed by atoms with E-state index in [1.54, 1.807) is 33.8 Å². The van der Waals surface area contributed by atoms with Crippen LogP contribution in [0.2, 0.25) is 0 Å². The van der Waals surface area contributed by atoms with Crippen molar-refractivity contribution in [3.63, 3.8) is 0 Å². The Bertz CT molecular complexity index is 521. The molecule has 0 aliphatic carbocycles. The summed E-state index contributed by atoms with van der Waals surface area (Å²) in [5.74, 6) is 0.00361. The number of nitrogens with zero attached hydrogens (tertiary/aromatic N) is 1. The Morgan fingerprint density at radius 1 is 1.19 bits per heavy atom. The second-order valence-corrected chi connectivity index (χ2v) is 7.35. The van der Waals surface area contributed by atoms with Crippen molar-refractivity contribution in [3.8, 4) is 0 Å². The van der Waals surface area contributed by atoms with Crippen molar-refractivity contribution in [2.75, 3.05) is 5.32 Å². The molecule has 0 aliphatic heterocycles. The number of nitrogens with one attached hydrogen (secondary N) is 3. The van der Waals surface area contributed by atoms with Gasteiger partial charge in [-0.25, -0.2) is 0 Å². The summed E-state index contributed by atoms with van der Waals surface area (Å²) >= 11 is 0. The van der Waals surface area contributed by atoms with Crippen LogP contribution in [-0.2, 0) is 15.0 Å². The monoisotopic (exact) mass is 294 g/mol. The lowest BCUT2D eigenvalue weighted by atomic mass is 9.92. The minimum atomic E-state index is -0.619.